The SMILES string of the molecule is C#Cc1c(F)ccc2cc(O)cc(-c3c(F)c4nc(OCC5(CN6CC[C@H](OC)C6)CC5)nc(N5C6CCC5CN(C5CC(COC)C5)C6)c4c4cn(C)nc34)c12. The first kappa shape index (κ1) is 36.7. The monoisotopic (exact) mass is 777 g/mol. The zero-order valence-electron chi connectivity index (χ0n) is 32.8. The second-order valence-corrected chi connectivity index (χ2v) is 17.3. The van der Waals surface area contributed by atoms with Gasteiger partial charge in [0.25, 0.3) is 0 Å². The van der Waals surface area contributed by atoms with Crippen molar-refractivity contribution < 1.29 is 28.1 Å². The van der Waals surface area contributed by atoms with E-state index in [1.165, 1.54) is 24.3 Å². The molecule has 298 valence electrons. The molecule has 3 saturated heterocycles. The van der Waals surface area contributed by atoms with E-state index in [-0.39, 0.29) is 57.6 Å². The Morgan fingerprint density at radius 3 is 2.47 bits per heavy atom. The minimum absolute atomic E-state index is 0.0162. The van der Waals surface area contributed by atoms with Gasteiger partial charge in [0.1, 0.15) is 28.4 Å². The summed E-state index contributed by atoms with van der Waals surface area (Å²) >= 11 is 0. The summed E-state index contributed by atoms with van der Waals surface area (Å²) in [5.41, 5.74) is 0.722. The molecule has 2 aliphatic carbocycles. The summed E-state index contributed by atoms with van der Waals surface area (Å²) in [6.45, 7) is 5.82. The molecule has 0 spiro atoms. The summed E-state index contributed by atoms with van der Waals surface area (Å²) in [5.74, 6) is 2.36. The highest BCUT2D eigenvalue weighted by Gasteiger charge is 2.48. The van der Waals surface area contributed by atoms with Gasteiger partial charge in [-0.1, -0.05) is 12.0 Å². The Bertz CT molecular complexity index is 2430. The molecule has 13 heteroatoms. The zero-order valence-corrected chi connectivity index (χ0v) is 32.8. The average molecular weight is 778 g/mol. The molecular weight excluding hydrogens is 729 g/mol. The molecule has 3 aliphatic heterocycles. The molecule has 2 bridgehead atoms. The van der Waals surface area contributed by atoms with Crippen molar-refractivity contribution in [3.8, 4) is 35.2 Å². The van der Waals surface area contributed by atoms with Crippen LogP contribution >= 0.6 is 0 Å². The zero-order chi connectivity index (χ0) is 39.2. The highest BCUT2D eigenvalue weighted by molar-refractivity contribution is 6.18. The van der Waals surface area contributed by atoms with Crippen molar-refractivity contribution in [3.05, 3.63) is 47.7 Å². The Morgan fingerprint density at radius 1 is 0.982 bits per heavy atom. The van der Waals surface area contributed by atoms with Crippen LogP contribution in [0.5, 0.6) is 11.8 Å². The van der Waals surface area contributed by atoms with E-state index in [4.69, 9.17) is 35.7 Å². The molecule has 2 unspecified atom stereocenters. The van der Waals surface area contributed by atoms with Gasteiger partial charge in [0.05, 0.1) is 23.7 Å². The maximum atomic E-state index is 17.9. The van der Waals surface area contributed by atoms with E-state index in [2.05, 4.69) is 20.6 Å². The minimum atomic E-state index is -0.655. The van der Waals surface area contributed by atoms with Crippen LogP contribution < -0.4 is 9.64 Å². The Morgan fingerprint density at radius 2 is 1.77 bits per heavy atom. The highest BCUT2D eigenvalue weighted by Crippen LogP contribution is 2.49. The number of rotatable bonds is 11. The van der Waals surface area contributed by atoms with Crippen molar-refractivity contribution in [1.29, 1.82) is 0 Å². The number of ether oxygens (including phenoxy) is 3. The topological polar surface area (TPSA) is 101 Å². The van der Waals surface area contributed by atoms with Crippen LogP contribution in [0, 0.1) is 35.3 Å². The lowest BCUT2D eigenvalue weighted by molar-refractivity contribution is 0.0199. The van der Waals surface area contributed by atoms with Crippen LogP contribution in [0.25, 0.3) is 43.7 Å². The summed E-state index contributed by atoms with van der Waals surface area (Å²) in [6.07, 6.45) is 15.4. The van der Waals surface area contributed by atoms with Crippen LogP contribution in [-0.2, 0) is 16.5 Å². The number of piperazine rings is 1. The van der Waals surface area contributed by atoms with E-state index < -0.39 is 11.6 Å². The molecular formula is C44H49F2N7O4. The van der Waals surface area contributed by atoms with Gasteiger partial charge < -0.3 is 24.2 Å². The van der Waals surface area contributed by atoms with E-state index in [0.717, 1.165) is 84.3 Å². The molecule has 57 heavy (non-hydrogen) atoms. The molecule has 5 heterocycles. The molecule has 0 radical (unpaired) electrons. The number of methoxy groups -OCH3 is 2. The van der Waals surface area contributed by atoms with Crippen LogP contribution in [0.1, 0.15) is 50.5 Å². The van der Waals surface area contributed by atoms with E-state index in [1.54, 1.807) is 25.9 Å². The molecule has 2 aromatic heterocycles. The van der Waals surface area contributed by atoms with Gasteiger partial charge in [-0.2, -0.15) is 15.1 Å². The van der Waals surface area contributed by atoms with Gasteiger partial charge in [-0.25, -0.2) is 8.78 Å². The number of phenols is 1. The molecule has 3 atom stereocenters. The molecule has 10 rings (SSSR count). The maximum absolute atomic E-state index is 17.9. The fourth-order valence-electron chi connectivity index (χ4n) is 10.5. The lowest BCUT2D eigenvalue weighted by Crippen LogP contribution is -2.59. The number of hydrogen-bond acceptors (Lipinski definition) is 10. The van der Waals surface area contributed by atoms with E-state index in [1.807, 2.05) is 6.20 Å². The van der Waals surface area contributed by atoms with Crippen LogP contribution in [0.2, 0.25) is 0 Å². The standard InChI is InChI=1S/C44H49F2N7O4/c1-5-32-35(45)9-6-26-16-30(54)17-33(36(26)32)37-39(46)41-38(34-21-50(2)49-40(34)37)42(53-27-7-8-28(53)19-52(18-27)29-14-25(15-29)22-55-3)48-43(47-41)57-24-44(11-12-44)23-51-13-10-31(20-51)56-4/h1,6,9,16-17,21,25,27-29,31,54H,7-8,10-15,18-20,22-24H2,2-4H3/t25?,27?,28?,29?,31-/m0/s1. The number of nitrogens with zero attached hydrogens (tertiary/aromatic N) is 7. The Balaban J connectivity index is 1.11. The Kier molecular flexibility index (Phi) is 9.05. The molecule has 5 aliphatic rings. The quantitative estimate of drug-likeness (QED) is 0.155. The molecule has 5 fully saturated rings. The number of hydrogen-bond donors (Lipinski definition) is 1. The third-order valence-electron chi connectivity index (χ3n) is 13.6. The summed E-state index contributed by atoms with van der Waals surface area (Å²) in [7, 11) is 5.34. The average Bonchev–Trinajstić information content (AvgIpc) is 3.45. The number of terminal acetylenes is 1. The smallest absolute Gasteiger partial charge is 0.319 e. The molecule has 2 saturated carbocycles. The van der Waals surface area contributed by atoms with Gasteiger partial charge in [-0.3, -0.25) is 14.5 Å². The second-order valence-electron chi connectivity index (χ2n) is 17.3. The minimum Gasteiger partial charge on any atom is -0.508 e. The Labute approximate surface area is 330 Å². The van der Waals surface area contributed by atoms with Crippen molar-refractivity contribution in [2.45, 2.75) is 69.2 Å². The third-order valence-corrected chi connectivity index (χ3v) is 13.6. The number of halogens is 2. The first-order chi connectivity index (χ1) is 27.7. The predicted molar refractivity (Wildman–Crippen MR) is 215 cm³/mol. The number of aromatic nitrogens is 4. The van der Waals surface area contributed by atoms with Crippen molar-refractivity contribution in [2.24, 2.45) is 18.4 Å². The molecule has 5 aromatic rings. The van der Waals surface area contributed by atoms with Crippen LogP contribution in [0.3, 0.4) is 0 Å². The largest absolute Gasteiger partial charge is 0.508 e. The van der Waals surface area contributed by atoms with Crippen molar-refractivity contribution >= 4 is 38.4 Å². The Hall–Kier alpha value is -4.61. The molecule has 11 nitrogen and oxygen atoms in total. The van der Waals surface area contributed by atoms with E-state index >= 15 is 8.78 Å². The molecule has 3 aromatic carbocycles. The van der Waals surface area contributed by atoms with Crippen molar-refractivity contribution in [2.75, 3.05) is 65.1 Å². The number of phenolic OH excluding ortho intramolecular Hbond substituents is 1. The number of fused-ring (bicyclic) bond motifs is 6. The number of aryl methyl sites for hydroxylation is 1. The second kappa shape index (κ2) is 14.0. The number of benzene rings is 3. The van der Waals surface area contributed by atoms with Gasteiger partial charge in [0, 0.05) is 107 Å². The fourth-order valence-corrected chi connectivity index (χ4v) is 10.5. The third kappa shape index (κ3) is 6.27. The van der Waals surface area contributed by atoms with Crippen LogP contribution in [-0.4, -0.2) is 119 Å². The number of likely N-dealkylation sites (tertiary alicyclic amines) is 2. The van der Waals surface area contributed by atoms with Crippen LogP contribution in [0.15, 0.2) is 30.5 Å². The van der Waals surface area contributed by atoms with Gasteiger partial charge in [-0.05, 0) is 80.0 Å². The fraction of sp³-hybridized carbons (Fsp3) is 0.523. The normalized spacial score (nSPS) is 25.8. The van der Waals surface area contributed by atoms with Crippen molar-refractivity contribution in [3.63, 3.8) is 0 Å². The first-order valence-electron chi connectivity index (χ1n) is 20.3. The summed E-state index contributed by atoms with van der Waals surface area (Å²) in [6, 6.07) is 6.77. The molecule has 0 amide bonds. The van der Waals surface area contributed by atoms with Gasteiger partial charge in [-0.15, -0.1) is 6.42 Å². The summed E-state index contributed by atoms with van der Waals surface area (Å²) in [5, 5.41) is 17.8. The number of aromatic hydroxyl groups is 1. The van der Waals surface area contributed by atoms with Crippen LogP contribution in [0.4, 0.5) is 14.6 Å². The highest BCUT2D eigenvalue weighted by atomic mass is 19.1. The lowest BCUT2D eigenvalue weighted by atomic mass is 9.79. The lowest BCUT2D eigenvalue weighted by Gasteiger charge is -2.49. The van der Waals surface area contributed by atoms with Gasteiger partial charge in [0.2, 0.25) is 0 Å². The summed E-state index contributed by atoms with van der Waals surface area (Å²) < 4.78 is 52.5. The predicted octanol–water partition coefficient (Wildman–Crippen LogP) is 6.26. The first-order valence-corrected chi connectivity index (χ1v) is 20.3. The van der Waals surface area contributed by atoms with Gasteiger partial charge in [0.15, 0.2) is 5.82 Å². The maximum Gasteiger partial charge on any atom is 0.319 e. The van der Waals surface area contributed by atoms with E-state index in [9.17, 15) is 5.11 Å². The van der Waals surface area contributed by atoms with Crippen molar-refractivity contribution in [1.82, 2.24) is 29.5 Å². The molecule has 1 N–H and O–H groups in total. The summed E-state index contributed by atoms with van der Waals surface area (Å²) in [4.78, 5) is 17.6. The number of anilines is 1. The van der Waals surface area contributed by atoms with E-state index in [0.29, 0.717) is 51.4 Å². The van der Waals surface area contributed by atoms with Gasteiger partial charge >= 0.3 is 6.01 Å².